The average Bonchev–Trinajstić information content (AvgIpc) is 3.16. The molecule has 0 bridgehead atoms. The second-order valence-electron chi connectivity index (χ2n) is 5.33. The van der Waals surface area contributed by atoms with Gasteiger partial charge in [0.05, 0.1) is 0 Å². The Bertz CT molecular complexity index is 653. The monoisotopic (exact) mass is 286 g/mol. The molecule has 0 radical (unpaired) electrons. The first-order valence-electron chi connectivity index (χ1n) is 7.21. The van der Waals surface area contributed by atoms with Crippen LogP contribution < -0.4 is 0 Å². The van der Waals surface area contributed by atoms with Crippen molar-refractivity contribution >= 4 is 5.91 Å². The van der Waals surface area contributed by atoms with Crippen molar-refractivity contribution in [3.63, 3.8) is 0 Å². The number of hydrogen-bond acceptors (Lipinski definition) is 5. The summed E-state index contributed by atoms with van der Waals surface area (Å²) in [4.78, 5) is 23.0. The molecule has 6 heteroatoms. The molecule has 2 aromatic rings. The summed E-state index contributed by atoms with van der Waals surface area (Å²) in [6, 6.07) is 3.60. The molecule has 6 nitrogen and oxygen atoms in total. The topological polar surface area (TPSA) is 72.1 Å². The molecule has 2 aromatic heterocycles. The molecule has 0 aliphatic carbocycles. The van der Waals surface area contributed by atoms with Crippen LogP contribution in [-0.2, 0) is 6.42 Å². The number of likely N-dealkylation sites (tertiary alicyclic amines) is 1. The zero-order chi connectivity index (χ0) is 14.8. The van der Waals surface area contributed by atoms with Crippen molar-refractivity contribution in [1.82, 2.24) is 20.0 Å². The number of aromatic nitrogens is 3. The molecule has 0 unspecified atom stereocenters. The quantitative estimate of drug-likeness (QED) is 0.862. The van der Waals surface area contributed by atoms with E-state index >= 15 is 0 Å². The van der Waals surface area contributed by atoms with Crippen molar-refractivity contribution in [3.8, 4) is 0 Å². The second kappa shape index (κ2) is 5.63. The number of amides is 1. The predicted octanol–water partition coefficient (Wildman–Crippen LogP) is 1.97. The fourth-order valence-corrected chi connectivity index (χ4v) is 2.56. The smallest absolute Gasteiger partial charge is 0.276 e. The van der Waals surface area contributed by atoms with E-state index in [2.05, 4.69) is 15.1 Å². The van der Waals surface area contributed by atoms with Crippen LogP contribution in [0.5, 0.6) is 0 Å². The first-order chi connectivity index (χ1) is 10.2. The molecule has 3 rings (SSSR count). The van der Waals surface area contributed by atoms with Crippen molar-refractivity contribution in [2.75, 3.05) is 13.1 Å². The zero-order valence-corrected chi connectivity index (χ0v) is 12.2. The Morgan fingerprint density at radius 1 is 1.52 bits per heavy atom. The molecule has 1 fully saturated rings. The summed E-state index contributed by atoms with van der Waals surface area (Å²) in [6.07, 6.45) is 3.39. The highest BCUT2D eigenvalue weighted by Gasteiger charge is 2.30. The minimum absolute atomic E-state index is 0.0754. The summed E-state index contributed by atoms with van der Waals surface area (Å²) < 4.78 is 5.10. The van der Waals surface area contributed by atoms with Gasteiger partial charge in [-0.1, -0.05) is 12.1 Å². The van der Waals surface area contributed by atoms with Gasteiger partial charge in [-0.3, -0.25) is 4.79 Å². The van der Waals surface area contributed by atoms with Crippen LogP contribution in [0.1, 0.15) is 47.0 Å². The van der Waals surface area contributed by atoms with Crippen LogP contribution in [0.4, 0.5) is 0 Å². The molecule has 21 heavy (non-hydrogen) atoms. The fraction of sp³-hybridized carbons (Fsp3) is 0.467. The predicted molar refractivity (Wildman–Crippen MR) is 75.9 cm³/mol. The van der Waals surface area contributed by atoms with E-state index in [1.54, 1.807) is 17.2 Å². The van der Waals surface area contributed by atoms with Gasteiger partial charge in [0.25, 0.3) is 5.91 Å². The first-order valence-corrected chi connectivity index (χ1v) is 7.21. The zero-order valence-electron chi connectivity index (χ0n) is 12.2. The summed E-state index contributed by atoms with van der Waals surface area (Å²) in [6.45, 7) is 5.26. The Labute approximate surface area is 123 Å². The Balaban J connectivity index is 1.70. The fourth-order valence-electron chi connectivity index (χ4n) is 2.56. The Morgan fingerprint density at radius 3 is 3.10 bits per heavy atom. The summed E-state index contributed by atoms with van der Waals surface area (Å²) in [5, 5.41) is 3.85. The van der Waals surface area contributed by atoms with Crippen LogP contribution in [0.15, 0.2) is 22.9 Å². The molecular formula is C15H18N4O2. The number of carbonyl (C=O) groups excluding carboxylic acids is 1. The maximum Gasteiger partial charge on any atom is 0.276 e. The third-order valence-corrected chi connectivity index (χ3v) is 3.78. The van der Waals surface area contributed by atoms with Crippen molar-refractivity contribution in [3.05, 3.63) is 41.3 Å². The lowest BCUT2D eigenvalue weighted by atomic mass is 10.1. The van der Waals surface area contributed by atoms with E-state index in [9.17, 15) is 4.79 Å². The minimum atomic E-state index is -0.0754. The molecule has 110 valence electrons. The molecular weight excluding hydrogens is 268 g/mol. The van der Waals surface area contributed by atoms with E-state index in [1.807, 2.05) is 19.9 Å². The lowest BCUT2D eigenvalue weighted by Gasteiger charge is -2.14. The molecule has 1 aliphatic rings. The van der Waals surface area contributed by atoms with Gasteiger partial charge in [-0.2, -0.15) is 0 Å². The van der Waals surface area contributed by atoms with E-state index in [1.165, 1.54) is 0 Å². The van der Waals surface area contributed by atoms with E-state index < -0.39 is 0 Å². The first kappa shape index (κ1) is 13.7. The van der Waals surface area contributed by atoms with E-state index in [0.717, 1.165) is 30.1 Å². The molecule has 1 atom stereocenters. The van der Waals surface area contributed by atoms with Gasteiger partial charge in [-0.15, -0.1) is 0 Å². The maximum atomic E-state index is 12.4. The summed E-state index contributed by atoms with van der Waals surface area (Å²) in [5.41, 5.74) is 1.34. The lowest BCUT2D eigenvalue weighted by molar-refractivity contribution is 0.0780. The molecule has 1 amide bonds. The van der Waals surface area contributed by atoms with Gasteiger partial charge in [0.1, 0.15) is 11.6 Å². The Morgan fingerprint density at radius 2 is 2.38 bits per heavy atom. The van der Waals surface area contributed by atoms with Gasteiger partial charge >= 0.3 is 0 Å². The Kier molecular flexibility index (Phi) is 3.68. The number of hydrogen-bond donors (Lipinski definition) is 0. The van der Waals surface area contributed by atoms with Gasteiger partial charge in [-0.05, 0) is 19.4 Å². The van der Waals surface area contributed by atoms with Crippen LogP contribution in [0.3, 0.4) is 0 Å². The molecule has 1 aliphatic heterocycles. The summed E-state index contributed by atoms with van der Waals surface area (Å²) in [7, 11) is 0. The van der Waals surface area contributed by atoms with Gasteiger partial charge in [0, 0.05) is 43.4 Å². The molecule has 1 saturated heterocycles. The molecule has 0 saturated carbocycles. The minimum Gasteiger partial charge on any atom is -0.361 e. The summed E-state index contributed by atoms with van der Waals surface area (Å²) >= 11 is 0. The van der Waals surface area contributed by atoms with Crippen molar-refractivity contribution in [2.45, 2.75) is 32.6 Å². The van der Waals surface area contributed by atoms with E-state index in [4.69, 9.17) is 4.52 Å². The maximum absolute atomic E-state index is 12.4. The van der Waals surface area contributed by atoms with E-state index in [0.29, 0.717) is 18.8 Å². The molecule has 3 heterocycles. The third kappa shape index (κ3) is 2.79. The van der Waals surface area contributed by atoms with Crippen molar-refractivity contribution in [2.24, 2.45) is 0 Å². The van der Waals surface area contributed by atoms with Crippen LogP contribution in [0.25, 0.3) is 0 Å². The van der Waals surface area contributed by atoms with Crippen LogP contribution in [0, 0.1) is 6.92 Å². The normalized spacial score (nSPS) is 18.2. The number of nitrogens with zero attached hydrogens (tertiary/aromatic N) is 4. The van der Waals surface area contributed by atoms with Crippen LogP contribution in [0.2, 0.25) is 0 Å². The SMILES string of the molecule is CCc1cc(C(=O)N2CC[C@H](c3nccc(C)n3)C2)no1. The third-order valence-electron chi connectivity index (χ3n) is 3.78. The average molecular weight is 286 g/mol. The van der Waals surface area contributed by atoms with Crippen LogP contribution in [-0.4, -0.2) is 39.0 Å². The van der Waals surface area contributed by atoms with Crippen LogP contribution >= 0.6 is 0 Å². The number of aryl methyl sites for hydroxylation is 2. The van der Waals surface area contributed by atoms with E-state index in [-0.39, 0.29) is 11.8 Å². The number of rotatable bonds is 3. The van der Waals surface area contributed by atoms with Gasteiger partial charge in [0.15, 0.2) is 5.69 Å². The van der Waals surface area contributed by atoms with Gasteiger partial charge < -0.3 is 9.42 Å². The van der Waals surface area contributed by atoms with Gasteiger partial charge in [0.2, 0.25) is 0 Å². The highest BCUT2D eigenvalue weighted by atomic mass is 16.5. The highest BCUT2D eigenvalue weighted by molar-refractivity contribution is 5.92. The Hall–Kier alpha value is -2.24. The highest BCUT2D eigenvalue weighted by Crippen LogP contribution is 2.25. The molecule has 0 spiro atoms. The lowest BCUT2D eigenvalue weighted by Crippen LogP contribution is -2.28. The molecule has 0 aromatic carbocycles. The van der Waals surface area contributed by atoms with Crippen molar-refractivity contribution in [1.29, 1.82) is 0 Å². The van der Waals surface area contributed by atoms with Crippen molar-refractivity contribution < 1.29 is 9.32 Å². The largest absolute Gasteiger partial charge is 0.361 e. The standard InChI is InChI=1S/C15H18N4O2/c1-3-12-8-13(18-21-12)15(20)19-7-5-11(9-19)14-16-6-4-10(2)17-14/h4,6,8,11H,3,5,7,9H2,1-2H3/t11-/m0/s1. The molecule has 0 N–H and O–H groups in total. The number of carbonyl (C=O) groups is 1. The second-order valence-corrected chi connectivity index (χ2v) is 5.33. The van der Waals surface area contributed by atoms with Gasteiger partial charge in [-0.25, -0.2) is 9.97 Å². The summed E-state index contributed by atoms with van der Waals surface area (Å²) in [5.74, 6) is 1.68.